The van der Waals surface area contributed by atoms with E-state index in [9.17, 15) is 0 Å². The molecular formula is C18H19N5. The molecule has 0 saturated carbocycles. The molecule has 0 saturated heterocycles. The Hall–Kier alpha value is -2.95. The molecule has 0 bridgehead atoms. The van der Waals surface area contributed by atoms with Crippen LogP contribution in [0.25, 0.3) is 0 Å². The molecular weight excluding hydrogens is 286 g/mol. The number of pyridine rings is 1. The molecule has 0 radical (unpaired) electrons. The lowest BCUT2D eigenvalue weighted by molar-refractivity contribution is 0.978. The highest BCUT2D eigenvalue weighted by Gasteiger charge is 2.08. The molecule has 116 valence electrons. The van der Waals surface area contributed by atoms with Gasteiger partial charge in [0.25, 0.3) is 0 Å². The quantitative estimate of drug-likeness (QED) is 0.781. The summed E-state index contributed by atoms with van der Waals surface area (Å²) in [5, 5.41) is 3.24. The fourth-order valence-corrected chi connectivity index (χ4v) is 2.26. The SMILES string of the molecule is Cc1cc(N(C)c2ccccc2)nc(NCc2ccccn2)n1. The number of hydrogen-bond acceptors (Lipinski definition) is 5. The van der Waals surface area contributed by atoms with E-state index in [1.807, 2.05) is 61.3 Å². The number of hydrogen-bond donors (Lipinski definition) is 1. The van der Waals surface area contributed by atoms with Crippen molar-refractivity contribution in [2.45, 2.75) is 13.5 Å². The van der Waals surface area contributed by atoms with Crippen molar-refractivity contribution in [1.82, 2.24) is 15.0 Å². The van der Waals surface area contributed by atoms with E-state index in [1.54, 1.807) is 6.20 Å². The minimum absolute atomic E-state index is 0.596. The zero-order valence-electron chi connectivity index (χ0n) is 13.3. The first-order valence-corrected chi connectivity index (χ1v) is 7.50. The minimum atomic E-state index is 0.596. The molecule has 1 N–H and O–H groups in total. The van der Waals surface area contributed by atoms with E-state index in [0.29, 0.717) is 12.5 Å². The highest BCUT2D eigenvalue weighted by Crippen LogP contribution is 2.22. The molecule has 0 spiro atoms. The molecule has 23 heavy (non-hydrogen) atoms. The molecule has 2 heterocycles. The summed E-state index contributed by atoms with van der Waals surface area (Å²) in [6.45, 7) is 2.56. The van der Waals surface area contributed by atoms with Crippen LogP contribution in [0.2, 0.25) is 0 Å². The molecule has 5 nitrogen and oxygen atoms in total. The van der Waals surface area contributed by atoms with E-state index in [4.69, 9.17) is 0 Å². The van der Waals surface area contributed by atoms with Crippen LogP contribution < -0.4 is 10.2 Å². The molecule has 5 heteroatoms. The predicted molar refractivity (Wildman–Crippen MR) is 92.8 cm³/mol. The van der Waals surface area contributed by atoms with Crippen LogP contribution in [-0.2, 0) is 6.54 Å². The Morgan fingerprint density at radius 2 is 1.78 bits per heavy atom. The predicted octanol–water partition coefficient (Wildman–Crippen LogP) is 3.56. The maximum atomic E-state index is 4.60. The fourth-order valence-electron chi connectivity index (χ4n) is 2.26. The number of aryl methyl sites for hydroxylation is 1. The van der Waals surface area contributed by atoms with Gasteiger partial charge in [-0.3, -0.25) is 4.98 Å². The average Bonchev–Trinajstić information content (AvgIpc) is 2.60. The zero-order valence-corrected chi connectivity index (χ0v) is 13.3. The van der Waals surface area contributed by atoms with Crippen molar-refractivity contribution < 1.29 is 0 Å². The van der Waals surface area contributed by atoms with Gasteiger partial charge in [-0.25, -0.2) is 4.98 Å². The van der Waals surface area contributed by atoms with Gasteiger partial charge in [0.15, 0.2) is 0 Å². The molecule has 0 aliphatic carbocycles. The molecule has 0 aliphatic rings. The molecule has 0 unspecified atom stereocenters. The van der Waals surface area contributed by atoms with Gasteiger partial charge < -0.3 is 10.2 Å². The molecule has 3 rings (SSSR count). The number of para-hydroxylation sites is 1. The summed E-state index contributed by atoms with van der Waals surface area (Å²) < 4.78 is 0. The number of nitrogens with zero attached hydrogens (tertiary/aromatic N) is 4. The summed E-state index contributed by atoms with van der Waals surface area (Å²) in [6, 6.07) is 18.0. The van der Waals surface area contributed by atoms with Crippen molar-refractivity contribution in [1.29, 1.82) is 0 Å². The van der Waals surface area contributed by atoms with Gasteiger partial charge >= 0.3 is 0 Å². The largest absolute Gasteiger partial charge is 0.349 e. The Labute approximate surface area is 136 Å². The summed E-state index contributed by atoms with van der Waals surface area (Å²) in [7, 11) is 2.00. The van der Waals surface area contributed by atoms with E-state index in [2.05, 4.69) is 32.4 Å². The lowest BCUT2D eigenvalue weighted by atomic mass is 10.3. The molecule has 3 aromatic rings. The second kappa shape index (κ2) is 6.87. The average molecular weight is 305 g/mol. The third kappa shape index (κ3) is 3.83. The van der Waals surface area contributed by atoms with Crippen LogP contribution in [0.5, 0.6) is 0 Å². The van der Waals surface area contributed by atoms with Crippen molar-refractivity contribution in [2.24, 2.45) is 0 Å². The summed E-state index contributed by atoms with van der Waals surface area (Å²) in [5.41, 5.74) is 2.96. The lowest BCUT2D eigenvalue weighted by Crippen LogP contribution is -2.14. The molecule has 0 aliphatic heterocycles. The Bertz CT molecular complexity index is 759. The van der Waals surface area contributed by atoms with E-state index in [1.165, 1.54) is 0 Å². The van der Waals surface area contributed by atoms with Gasteiger partial charge in [0.1, 0.15) is 5.82 Å². The Kier molecular flexibility index (Phi) is 4.47. The van der Waals surface area contributed by atoms with Crippen LogP contribution >= 0.6 is 0 Å². The normalized spacial score (nSPS) is 10.3. The number of aromatic nitrogens is 3. The third-order valence-corrected chi connectivity index (χ3v) is 3.48. The van der Waals surface area contributed by atoms with Crippen LogP contribution in [0.15, 0.2) is 60.8 Å². The second-order valence-corrected chi connectivity index (χ2v) is 5.26. The summed E-state index contributed by atoms with van der Waals surface area (Å²) >= 11 is 0. The van der Waals surface area contributed by atoms with Crippen molar-refractivity contribution in [3.8, 4) is 0 Å². The molecule has 0 fully saturated rings. The topological polar surface area (TPSA) is 53.9 Å². The second-order valence-electron chi connectivity index (χ2n) is 5.26. The van der Waals surface area contributed by atoms with E-state index >= 15 is 0 Å². The maximum absolute atomic E-state index is 4.60. The van der Waals surface area contributed by atoms with Crippen LogP contribution in [0.1, 0.15) is 11.4 Å². The summed E-state index contributed by atoms with van der Waals surface area (Å²) in [6.07, 6.45) is 1.78. The first-order chi connectivity index (χ1) is 11.2. The van der Waals surface area contributed by atoms with Crippen LogP contribution in [0.3, 0.4) is 0 Å². The number of nitrogens with one attached hydrogen (secondary N) is 1. The molecule has 0 atom stereocenters. The highest BCUT2D eigenvalue weighted by molar-refractivity contribution is 5.60. The van der Waals surface area contributed by atoms with Crippen molar-refractivity contribution >= 4 is 17.5 Å². The fraction of sp³-hybridized carbons (Fsp3) is 0.167. The van der Waals surface area contributed by atoms with Crippen molar-refractivity contribution in [3.05, 3.63) is 72.2 Å². The third-order valence-electron chi connectivity index (χ3n) is 3.48. The van der Waals surface area contributed by atoms with Gasteiger partial charge in [0, 0.05) is 30.7 Å². The van der Waals surface area contributed by atoms with Crippen molar-refractivity contribution in [3.63, 3.8) is 0 Å². The van der Waals surface area contributed by atoms with E-state index in [-0.39, 0.29) is 0 Å². The minimum Gasteiger partial charge on any atom is -0.349 e. The lowest BCUT2D eigenvalue weighted by Gasteiger charge is -2.19. The Morgan fingerprint density at radius 1 is 1.00 bits per heavy atom. The first-order valence-electron chi connectivity index (χ1n) is 7.50. The van der Waals surface area contributed by atoms with E-state index < -0.39 is 0 Å². The van der Waals surface area contributed by atoms with Gasteiger partial charge in [-0.2, -0.15) is 4.98 Å². The van der Waals surface area contributed by atoms with E-state index in [0.717, 1.165) is 22.9 Å². The Balaban J connectivity index is 1.79. The monoisotopic (exact) mass is 305 g/mol. The van der Waals surface area contributed by atoms with Crippen LogP contribution in [0, 0.1) is 6.92 Å². The molecule has 1 aromatic carbocycles. The number of anilines is 3. The standard InChI is InChI=1S/C18H19N5/c1-14-12-17(23(2)16-9-4-3-5-10-16)22-18(21-14)20-13-15-8-6-7-11-19-15/h3-12H,13H2,1-2H3,(H,20,21,22). The van der Waals surface area contributed by atoms with Gasteiger partial charge in [-0.05, 0) is 31.2 Å². The smallest absolute Gasteiger partial charge is 0.225 e. The van der Waals surface area contributed by atoms with Crippen molar-refractivity contribution in [2.75, 3.05) is 17.3 Å². The van der Waals surface area contributed by atoms with Crippen LogP contribution in [-0.4, -0.2) is 22.0 Å². The van der Waals surface area contributed by atoms with Crippen LogP contribution in [0.4, 0.5) is 17.5 Å². The first kappa shape index (κ1) is 15.0. The zero-order chi connectivity index (χ0) is 16.1. The Morgan fingerprint density at radius 3 is 2.52 bits per heavy atom. The number of benzene rings is 1. The van der Waals surface area contributed by atoms with Gasteiger partial charge in [-0.15, -0.1) is 0 Å². The molecule has 0 amide bonds. The molecule has 2 aromatic heterocycles. The van der Waals surface area contributed by atoms with Gasteiger partial charge in [0.2, 0.25) is 5.95 Å². The number of rotatable bonds is 5. The maximum Gasteiger partial charge on any atom is 0.225 e. The van der Waals surface area contributed by atoms with Gasteiger partial charge in [0.05, 0.1) is 12.2 Å². The highest BCUT2D eigenvalue weighted by atomic mass is 15.2. The summed E-state index contributed by atoms with van der Waals surface area (Å²) in [5.74, 6) is 1.46. The summed E-state index contributed by atoms with van der Waals surface area (Å²) in [4.78, 5) is 15.4. The van der Waals surface area contributed by atoms with Gasteiger partial charge in [-0.1, -0.05) is 24.3 Å².